The van der Waals surface area contributed by atoms with E-state index in [4.69, 9.17) is 5.73 Å². The van der Waals surface area contributed by atoms with Gasteiger partial charge in [0.2, 0.25) is 0 Å². The predicted octanol–water partition coefficient (Wildman–Crippen LogP) is 4.03. The van der Waals surface area contributed by atoms with E-state index >= 15 is 0 Å². The molecule has 12 heteroatoms. The fourth-order valence-electron chi connectivity index (χ4n) is 3.46. The molecule has 0 aliphatic rings. The molecule has 0 saturated heterocycles. The highest BCUT2D eigenvalue weighted by Gasteiger charge is 2.22. The Hall–Kier alpha value is -4.16. The van der Waals surface area contributed by atoms with Gasteiger partial charge in [0, 0.05) is 11.1 Å². The number of hydrogen-bond donors (Lipinski definition) is 5. The van der Waals surface area contributed by atoms with Crippen LogP contribution in [-0.2, 0) is 6.54 Å². The van der Waals surface area contributed by atoms with Crippen LogP contribution in [0.5, 0.6) is 0 Å². The first kappa shape index (κ1) is 24.9. The Morgan fingerprint density at radius 1 is 1.19 bits per heavy atom. The lowest BCUT2D eigenvalue weighted by atomic mass is 10.0. The monoisotopic (exact) mass is 512 g/mol. The van der Waals surface area contributed by atoms with E-state index in [-0.39, 0.29) is 39.0 Å². The van der Waals surface area contributed by atoms with Gasteiger partial charge in [0.05, 0.1) is 29.5 Å². The lowest BCUT2D eigenvalue weighted by Gasteiger charge is -2.11. The molecule has 9 nitrogen and oxygen atoms in total. The number of thiophene rings is 1. The summed E-state index contributed by atoms with van der Waals surface area (Å²) in [6.07, 6.45) is 0.771. The first-order chi connectivity index (χ1) is 17.3. The van der Waals surface area contributed by atoms with Crippen LogP contribution in [-0.4, -0.2) is 32.1 Å². The third-order valence-corrected chi connectivity index (χ3v) is 6.37. The number of aromatic amines is 1. The maximum Gasteiger partial charge on any atom is 0.269 e. The summed E-state index contributed by atoms with van der Waals surface area (Å²) in [5, 5.41) is 22.1. The molecule has 0 spiro atoms. The molecule has 0 bridgehead atoms. The number of primary amides is 1. The topological polar surface area (TPSA) is 146 Å². The maximum atomic E-state index is 14.8. The van der Waals surface area contributed by atoms with Gasteiger partial charge in [-0.15, -0.1) is 11.3 Å². The second-order valence-electron chi connectivity index (χ2n) is 7.79. The van der Waals surface area contributed by atoms with Crippen molar-refractivity contribution in [3.05, 3.63) is 82.8 Å². The number of aliphatic hydroxyl groups excluding tert-OH is 1. The van der Waals surface area contributed by atoms with Gasteiger partial charge in [-0.05, 0) is 48.4 Å². The summed E-state index contributed by atoms with van der Waals surface area (Å²) >= 11 is 0.931. The number of pyridine rings is 1. The van der Waals surface area contributed by atoms with Gasteiger partial charge in [0.15, 0.2) is 0 Å². The van der Waals surface area contributed by atoms with E-state index in [0.717, 1.165) is 23.5 Å². The summed E-state index contributed by atoms with van der Waals surface area (Å²) in [6, 6.07) is 10.0. The molecule has 0 fully saturated rings. The molecule has 0 aliphatic carbocycles. The Labute approximate surface area is 208 Å². The van der Waals surface area contributed by atoms with Crippen molar-refractivity contribution in [2.24, 2.45) is 5.73 Å². The summed E-state index contributed by atoms with van der Waals surface area (Å²) in [5.74, 6) is -2.54. The molecule has 3 heterocycles. The molecular weight excluding hydrogens is 490 g/mol. The number of H-pyrrole nitrogens is 1. The van der Waals surface area contributed by atoms with Gasteiger partial charge in [0.25, 0.3) is 11.8 Å². The second-order valence-corrected chi connectivity index (χ2v) is 8.85. The number of carbonyl (C=O) groups excluding carboxylic acids is 2. The highest BCUT2D eigenvalue weighted by atomic mass is 32.1. The number of hydrogen-bond acceptors (Lipinski definition) is 7. The van der Waals surface area contributed by atoms with E-state index in [1.165, 1.54) is 18.3 Å². The van der Waals surface area contributed by atoms with Crippen LogP contribution in [0.15, 0.2) is 48.7 Å². The molecule has 6 N–H and O–H groups in total. The molecular formula is C24H22F2N6O3S. The zero-order valence-electron chi connectivity index (χ0n) is 19.0. The Bertz CT molecular complexity index is 1380. The lowest BCUT2D eigenvalue weighted by Crippen LogP contribution is -2.23. The third kappa shape index (κ3) is 5.39. The SMILES string of the molecule is CCC(O)c1cc(F)c(-c2cc(C(N)=O)c(Nc3cccc(CNC(=O)c4ccn[nH]4)n3)s2)c(F)c1. The molecule has 4 aromatic rings. The number of aliphatic hydroxyl groups is 1. The van der Waals surface area contributed by atoms with Crippen LogP contribution in [0.2, 0.25) is 0 Å². The molecule has 2 amide bonds. The predicted molar refractivity (Wildman–Crippen MR) is 131 cm³/mol. The Morgan fingerprint density at radius 2 is 1.94 bits per heavy atom. The van der Waals surface area contributed by atoms with Crippen molar-refractivity contribution in [1.29, 1.82) is 0 Å². The summed E-state index contributed by atoms with van der Waals surface area (Å²) in [4.78, 5) is 28.7. The van der Waals surface area contributed by atoms with Crippen LogP contribution in [0, 0.1) is 11.6 Å². The number of rotatable bonds is 9. The number of amides is 2. The van der Waals surface area contributed by atoms with E-state index in [0.29, 0.717) is 23.6 Å². The molecule has 1 unspecified atom stereocenters. The van der Waals surface area contributed by atoms with Crippen LogP contribution in [0.1, 0.15) is 51.6 Å². The fourth-order valence-corrected chi connectivity index (χ4v) is 4.58. The molecule has 0 radical (unpaired) electrons. The fraction of sp³-hybridized carbons (Fsp3) is 0.167. The Balaban J connectivity index is 1.58. The number of aromatic nitrogens is 3. The molecule has 1 aromatic carbocycles. The van der Waals surface area contributed by atoms with Gasteiger partial charge in [-0.25, -0.2) is 13.8 Å². The van der Waals surface area contributed by atoms with Crippen molar-refractivity contribution in [3.8, 4) is 10.4 Å². The molecule has 1 atom stereocenters. The largest absolute Gasteiger partial charge is 0.388 e. The first-order valence-corrected chi connectivity index (χ1v) is 11.7. The first-order valence-electron chi connectivity index (χ1n) is 10.9. The number of nitrogens with one attached hydrogen (secondary N) is 3. The quantitative estimate of drug-likeness (QED) is 0.229. The highest BCUT2D eigenvalue weighted by Crippen LogP contribution is 2.39. The van der Waals surface area contributed by atoms with Crippen LogP contribution in [0.3, 0.4) is 0 Å². The second kappa shape index (κ2) is 10.6. The zero-order valence-corrected chi connectivity index (χ0v) is 19.8. The maximum absolute atomic E-state index is 14.8. The van der Waals surface area contributed by atoms with Crippen molar-refractivity contribution in [1.82, 2.24) is 20.5 Å². The number of nitrogens with two attached hydrogens (primary N) is 1. The molecule has 36 heavy (non-hydrogen) atoms. The summed E-state index contributed by atoms with van der Waals surface area (Å²) in [7, 11) is 0. The Kier molecular flexibility index (Phi) is 7.36. The van der Waals surface area contributed by atoms with Crippen LogP contribution >= 0.6 is 11.3 Å². The standard InChI is InChI=1S/C24H22F2N6O3S/c1-2-18(33)12-8-15(25)21(16(26)9-12)19-10-14(22(27)34)24(36-19)31-20-5-3-4-13(30-20)11-28-23(35)17-6-7-29-32-17/h3-10,18,33H,2,11H2,1H3,(H2,27,34)(H,28,35)(H,29,32)(H,30,31). The van der Waals surface area contributed by atoms with Gasteiger partial charge < -0.3 is 21.5 Å². The van der Waals surface area contributed by atoms with Gasteiger partial charge in [-0.1, -0.05) is 13.0 Å². The van der Waals surface area contributed by atoms with Crippen molar-refractivity contribution in [2.75, 3.05) is 5.32 Å². The molecule has 4 rings (SSSR count). The smallest absolute Gasteiger partial charge is 0.269 e. The normalized spacial score (nSPS) is 11.8. The van der Waals surface area contributed by atoms with E-state index in [9.17, 15) is 23.5 Å². The average molecular weight is 513 g/mol. The summed E-state index contributed by atoms with van der Waals surface area (Å²) in [6.45, 7) is 1.82. The van der Waals surface area contributed by atoms with E-state index in [2.05, 4.69) is 25.8 Å². The number of halogens is 2. The van der Waals surface area contributed by atoms with Gasteiger partial charge >= 0.3 is 0 Å². The molecule has 3 aromatic heterocycles. The Morgan fingerprint density at radius 3 is 2.58 bits per heavy atom. The molecule has 0 saturated carbocycles. The molecule has 186 valence electrons. The van der Waals surface area contributed by atoms with Crippen LogP contribution in [0.4, 0.5) is 19.6 Å². The van der Waals surface area contributed by atoms with Gasteiger partial charge in [-0.2, -0.15) is 5.10 Å². The number of benzene rings is 1. The van der Waals surface area contributed by atoms with E-state index in [1.54, 1.807) is 25.1 Å². The van der Waals surface area contributed by atoms with Gasteiger partial charge in [-0.3, -0.25) is 14.7 Å². The number of anilines is 2. The van der Waals surface area contributed by atoms with Crippen molar-refractivity contribution < 1.29 is 23.5 Å². The minimum atomic E-state index is -0.993. The van der Waals surface area contributed by atoms with Crippen LogP contribution < -0.4 is 16.4 Å². The van der Waals surface area contributed by atoms with E-state index in [1.807, 2.05) is 0 Å². The zero-order chi connectivity index (χ0) is 25.8. The highest BCUT2D eigenvalue weighted by molar-refractivity contribution is 7.20. The molecule has 0 aliphatic heterocycles. The minimum Gasteiger partial charge on any atom is -0.388 e. The van der Waals surface area contributed by atoms with Crippen molar-refractivity contribution in [3.63, 3.8) is 0 Å². The third-order valence-electron chi connectivity index (χ3n) is 5.30. The average Bonchev–Trinajstić information content (AvgIpc) is 3.53. The van der Waals surface area contributed by atoms with Crippen molar-refractivity contribution in [2.45, 2.75) is 26.0 Å². The lowest BCUT2D eigenvalue weighted by molar-refractivity contribution is 0.0944. The number of nitrogens with zero attached hydrogens (tertiary/aromatic N) is 2. The summed E-state index contributed by atoms with van der Waals surface area (Å²) in [5.41, 5.74) is 6.16. The van der Waals surface area contributed by atoms with Crippen molar-refractivity contribution >= 4 is 34.0 Å². The number of carbonyl (C=O) groups is 2. The minimum absolute atomic E-state index is 0.0335. The summed E-state index contributed by atoms with van der Waals surface area (Å²) < 4.78 is 29.7. The van der Waals surface area contributed by atoms with Crippen LogP contribution in [0.25, 0.3) is 10.4 Å². The van der Waals surface area contributed by atoms with Gasteiger partial charge in [0.1, 0.15) is 28.1 Å². The van der Waals surface area contributed by atoms with E-state index < -0.39 is 23.6 Å².